The van der Waals surface area contributed by atoms with Crippen molar-refractivity contribution in [2.24, 2.45) is 0 Å². The van der Waals surface area contributed by atoms with Crippen LogP contribution < -0.4 is 5.32 Å². The summed E-state index contributed by atoms with van der Waals surface area (Å²) in [5, 5.41) is 2.65. The van der Waals surface area contributed by atoms with Crippen LogP contribution in [-0.4, -0.2) is 48.6 Å². The Hall–Kier alpha value is -1.10. The van der Waals surface area contributed by atoms with E-state index in [4.69, 9.17) is 4.74 Å². The van der Waals surface area contributed by atoms with Crippen LogP contribution in [0.15, 0.2) is 0 Å². The molecule has 0 radical (unpaired) electrons. The number of ether oxygens (including phenoxy) is 1. The summed E-state index contributed by atoms with van der Waals surface area (Å²) in [6.07, 6.45) is 3.71. The normalized spacial score (nSPS) is 34.0. The van der Waals surface area contributed by atoms with Crippen LogP contribution in [0.3, 0.4) is 0 Å². The van der Waals surface area contributed by atoms with E-state index < -0.39 is 0 Å². The maximum atomic E-state index is 12.0. The average Bonchev–Trinajstić information content (AvgIpc) is 2.79. The number of carbonyl (C=O) groups excluding carboxylic acids is 2. The van der Waals surface area contributed by atoms with Crippen LogP contribution in [0.1, 0.15) is 32.6 Å². The van der Waals surface area contributed by atoms with E-state index in [0.29, 0.717) is 6.42 Å². The van der Waals surface area contributed by atoms with Crippen LogP contribution >= 0.6 is 0 Å². The van der Waals surface area contributed by atoms with E-state index in [1.165, 1.54) is 0 Å². The van der Waals surface area contributed by atoms with Gasteiger partial charge in [-0.25, -0.2) is 0 Å². The Morgan fingerprint density at radius 2 is 2.18 bits per heavy atom. The third-order valence-electron chi connectivity index (χ3n) is 3.80. The lowest BCUT2D eigenvalue weighted by atomic mass is 10.0. The summed E-state index contributed by atoms with van der Waals surface area (Å²) in [6.45, 7) is 2.06. The predicted molar refractivity (Wildman–Crippen MR) is 62.4 cm³/mol. The van der Waals surface area contributed by atoms with Gasteiger partial charge in [0.05, 0.1) is 18.7 Å². The van der Waals surface area contributed by atoms with Crippen LogP contribution in [0, 0.1) is 0 Å². The molecule has 1 aliphatic heterocycles. The molecule has 3 atom stereocenters. The molecule has 1 heterocycles. The second-order valence-electron chi connectivity index (χ2n) is 4.72. The fourth-order valence-electron chi connectivity index (χ4n) is 2.97. The highest BCUT2D eigenvalue weighted by Gasteiger charge is 2.42. The summed E-state index contributed by atoms with van der Waals surface area (Å²) >= 11 is 0. The zero-order chi connectivity index (χ0) is 12.4. The molecule has 2 amide bonds. The SMILES string of the molecule is CCC1C(=O)NCC(=O)N1C1CCCC1OC. The van der Waals surface area contributed by atoms with Gasteiger partial charge in [-0.15, -0.1) is 0 Å². The molecule has 1 saturated heterocycles. The third kappa shape index (κ3) is 2.16. The molecule has 2 rings (SSSR count). The Labute approximate surface area is 101 Å². The van der Waals surface area contributed by atoms with Crippen molar-refractivity contribution < 1.29 is 14.3 Å². The van der Waals surface area contributed by atoms with Crippen molar-refractivity contribution in [2.75, 3.05) is 13.7 Å². The molecule has 0 aromatic carbocycles. The summed E-state index contributed by atoms with van der Waals surface area (Å²) in [5.41, 5.74) is 0. The van der Waals surface area contributed by atoms with Crippen LogP contribution in [0.25, 0.3) is 0 Å². The summed E-state index contributed by atoms with van der Waals surface area (Å²) < 4.78 is 5.43. The lowest BCUT2D eigenvalue weighted by Gasteiger charge is -2.40. The van der Waals surface area contributed by atoms with Crippen LogP contribution in [0.5, 0.6) is 0 Å². The molecular weight excluding hydrogens is 220 g/mol. The quantitative estimate of drug-likeness (QED) is 0.771. The second kappa shape index (κ2) is 5.04. The zero-order valence-corrected chi connectivity index (χ0v) is 10.4. The molecule has 1 aliphatic carbocycles. The van der Waals surface area contributed by atoms with Crippen LogP contribution in [0.2, 0.25) is 0 Å². The van der Waals surface area contributed by atoms with Crippen molar-refractivity contribution in [3.05, 3.63) is 0 Å². The van der Waals surface area contributed by atoms with E-state index in [0.717, 1.165) is 19.3 Å². The van der Waals surface area contributed by atoms with Gasteiger partial charge < -0.3 is 15.0 Å². The minimum Gasteiger partial charge on any atom is -0.379 e. The van der Waals surface area contributed by atoms with Gasteiger partial charge in [0.1, 0.15) is 6.04 Å². The van der Waals surface area contributed by atoms with Gasteiger partial charge in [0.2, 0.25) is 11.8 Å². The lowest BCUT2D eigenvalue weighted by molar-refractivity contribution is -0.151. The number of nitrogens with one attached hydrogen (secondary N) is 1. The second-order valence-corrected chi connectivity index (χ2v) is 4.72. The Balaban J connectivity index is 2.20. The summed E-state index contributed by atoms with van der Waals surface area (Å²) in [7, 11) is 1.68. The molecule has 2 fully saturated rings. The number of piperazine rings is 1. The van der Waals surface area contributed by atoms with Crippen molar-refractivity contribution >= 4 is 11.8 Å². The molecule has 0 aromatic heterocycles. The van der Waals surface area contributed by atoms with Crippen molar-refractivity contribution in [3.8, 4) is 0 Å². The average molecular weight is 240 g/mol. The number of nitrogens with zero attached hydrogens (tertiary/aromatic N) is 1. The van der Waals surface area contributed by atoms with Crippen LogP contribution in [0.4, 0.5) is 0 Å². The van der Waals surface area contributed by atoms with Crippen molar-refractivity contribution in [3.63, 3.8) is 0 Å². The summed E-state index contributed by atoms with van der Waals surface area (Å²) in [4.78, 5) is 25.6. The molecule has 0 aromatic rings. The third-order valence-corrected chi connectivity index (χ3v) is 3.80. The Kier molecular flexibility index (Phi) is 3.66. The first kappa shape index (κ1) is 12.4. The van der Waals surface area contributed by atoms with Gasteiger partial charge in [-0.2, -0.15) is 0 Å². The maximum Gasteiger partial charge on any atom is 0.243 e. The first-order chi connectivity index (χ1) is 8.19. The number of rotatable bonds is 3. The van der Waals surface area contributed by atoms with Gasteiger partial charge in [-0.05, 0) is 25.7 Å². The molecule has 5 nitrogen and oxygen atoms in total. The Morgan fingerprint density at radius 3 is 2.82 bits per heavy atom. The van der Waals surface area contributed by atoms with Crippen molar-refractivity contribution in [2.45, 2.75) is 50.8 Å². The number of hydrogen-bond donors (Lipinski definition) is 1. The fourth-order valence-corrected chi connectivity index (χ4v) is 2.97. The standard InChI is InChI=1S/C12H20N2O3/c1-3-8-12(16)13-7-11(15)14(8)9-5-4-6-10(9)17-2/h8-10H,3-7H2,1-2H3,(H,13,16). The largest absolute Gasteiger partial charge is 0.379 e. The molecular formula is C12H20N2O3. The number of hydrogen-bond acceptors (Lipinski definition) is 3. The van der Waals surface area contributed by atoms with E-state index in [1.54, 1.807) is 12.0 Å². The van der Waals surface area contributed by atoms with E-state index >= 15 is 0 Å². The van der Waals surface area contributed by atoms with E-state index in [9.17, 15) is 9.59 Å². The molecule has 1 saturated carbocycles. The van der Waals surface area contributed by atoms with Gasteiger partial charge in [-0.3, -0.25) is 9.59 Å². The van der Waals surface area contributed by atoms with Gasteiger partial charge in [-0.1, -0.05) is 6.92 Å². The molecule has 0 spiro atoms. The van der Waals surface area contributed by atoms with Gasteiger partial charge in [0.15, 0.2) is 0 Å². The zero-order valence-electron chi connectivity index (χ0n) is 10.4. The highest BCUT2D eigenvalue weighted by Crippen LogP contribution is 2.29. The first-order valence-electron chi connectivity index (χ1n) is 6.30. The Morgan fingerprint density at radius 1 is 1.41 bits per heavy atom. The lowest BCUT2D eigenvalue weighted by Crippen LogP contribution is -2.62. The maximum absolute atomic E-state index is 12.0. The molecule has 5 heteroatoms. The molecule has 1 N–H and O–H groups in total. The van der Waals surface area contributed by atoms with E-state index in [1.807, 2.05) is 6.92 Å². The minimum atomic E-state index is -0.322. The fraction of sp³-hybridized carbons (Fsp3) is 0.833. The molecule has 3 unspecified atom stereocenters. The molecule has 17 heavy (non-hydrogen) atoms. The predicted octanol–water partition coefficient (Wildman–Crippen LogP) is 0.291. The minimum absolute atomic E-state index is 0.0189. The molecule has 0 bridgehead atoms. The number of amides is 2. The van der Waals surface area contributed by atoms with Crippen LogP contribution in [-0.2, 0) is 14.3 Å². The molecule has 2 aliphatic rings. The van der Waals surface area contributed by atoms with E-state index in [-0.39, 0.29) is 36.5 Å². The van der Waals surface area contributed by atoms with Gasteiger partial charge >= 0.3 is 0 Å². The first-order valence-corrected chi connectivity index (χ1v) is 6.30. The highest BCUT2D eigenvalue weighted by molar-refractivity contribution is 5.95. The number of methoxy groups -OCH3 is 1. The van der Waals surface area contributed by atoms with Gasteiger partial charge in [0.25, 0.3) is 0 Å². The smallest absolute Gasteiger partial charge is 0.243 e. The molecule has 96 valence electrons. The topological polar surface area (TPSA) is 58.6 Å². The monoisotopic (exact) mass is 240 g/mol. The summed E-state index contributed by atoms with van der Waals surface area (Å²) in [5.74, 6) is -0.0146. The van der Waals surface area contributed by atoms with Gasteiger partial charge in [0, 0.05) is 7.11 Å². The summed E-state index contributed by atoms with van der Waals surface area (Å²) in [6, 6.07) is -0.250. The van der Waals surface area contributed by atoms with E-state index in [2.05, 4.69) is 5.32 Å². The van der Waals surface area contributed by atoms with Crippen molar-refractivity contribution in [1.82, 2.24) is 10.2 Å². The van der Waals surface area contributed by atoms with Crippen molar-refractivity contribution in [1.29, 1.82) is 0 Å². The highest BCUT2D eigenvalue weighted by atomic mass is 16.5. The number of carbonyl (C=O) groups is 2. The Bertz CT molecular complexity index is 319.